The van der Waals surface area contributed by atoms with Crippen molar-refractivity contribution in [1.82, 2.24) is 10.3 Å². The molecule has 96 valence electrons. The average molecular weight is 248 g/mol. The molecule has 1 aromatic heterocycles. The van der Waals surface area contributed by atoms with Gasteiger partial charge in [-0.25, -0.2) is 4.98 Å². The van der Waals surface area contributed by atoms with E-state index in [1.807, 2.05) is 6.07 Å². The van der Waals surface area contributed by atoms with Crippen LogP contribution in [0.5, 0.6) is 0 Å². The Labute approximate surface area is 106 Å². The largest absolute Gasteiger partial charge is 0.383 e. The van der Waals surface area contributed by atoms with Crippen LogP contribution in [0.2, 0.25) is 0 Å². The van der Waals surface area contributed by atoms with Crippen LogP contribution in [0.3, 0.4) is 0 Å². The Kier molecular flexibility index (Phi) is 5.61. The van der Waals surface area contributed by atoms with E-state index >= 15 is 0 Å². The lowest BCUT2D eigenvalue weighted by atomic mass is 10.2. The van der Waals surface area contributed by atoms with Gasteiger partial charge in [-0.3, -0.25) is 4.79 Å². The highest BCUT2D eigenvalue weighted by atomic mass is 16.5. The Morgan fingerprint density at radius 3 is 2.94 bits per heavy atom. The maximum atomic E-state index is 11.6. The summed E-state index contributed by atoms with van der Waals surface area (Å²) in [4.78, 5) is 15.6. The van der Waals surface area contributed by atoms with E-state index in [4.69, 9.17) is 10.00 Å². The van der Waals surface area contributed by atoms with Gasteiger partial charge in [0.2, 0.25) is 5.91 Å². The minimum absolute atomic E-state index is 0.114. The molecule has 1 amide bonds. The normalized spacial score (nSPS) is 11.4. The summed E-state index contributed by atoms with van der Waals surface area (Å²) >= 11 is 0. The summed E-state index contributed by atoms with van der Waals surface area (Å²) in [5.74, 6) is -0.114. The molecular weight excluding hydrogens is 232 g/mol. The topological polar surface area (TPSA) is 87.0 Å². The van der Waals surface area contributed by atoms with E-state index in [1.54, 1.807) is 26.2 Å². The van der Waals surface area contributed by atoms with Gasteiger partial charge in [-0.05, 0) is 19.1 Å². The number of methoxy groups -OCH3 is 1. The number of nitrogens with zero attached hydrogens (tertiary/aromatic N) is 2. The lowest BCUT2D eigenvalue weighted by Crippen LogP contribution is -2.39. The molecule has 0 saturated heterocycles. The Hall–Kier alpha value is -2.13. The molecule has 1 unspecified atom stereocenters. The second kappa shape index (κ2) is 7.25. The smallest absolute Gasteiger partial charge is 0.242 e. The molecule has 18 heavy (non-hydrogen) atoms. The molecule has 0 aliphatic rings. The number of rotatable bonds is 6. The summed E-state index contributed by atoms with van der Waals surface area (Å²) < 4.78 is 4.84. The number of carbonyl (C=O) groups excluding carboxylic acids is 1. The fourth-order valence-electron chi connectivity index (χ4n) is 1.29. The monoisotopic (exact) mass is 248 g/mol. The van der Waals surface area contributed by atoms with Crippen molar-refractivity contribution < 1.29 is 9.53 Å². The maximum absolute atomic E-state index is 11.6. The molecule has 1 rings (SSSR count). The van der Waals surface area contributed by atoms with Crippen LogP contribution in [-0.2, 0) is 9.53 Å². The van der Waals surface area contributed by atoms with E-state index in [2.05, 4.69) is 15.6 Å². The number of hydrogen-bond acceptors (Lipinski definition) is 5. The Morgan fingerprint density at radius 1 is 1.61 bits per heavy atom. The first kappa shape index (κ1) is 13.9. The molecule has 0 aromatic carbocycles. The molecule has 0 radical (unpaired) electrons. The number of carbonyl (C=O) groups is 1. The van der Waals surface area contributed by atoms with Gasteiger partial charge in [-0.2, -0.15) is 5.26 Å². The highest BCUT2D eigenvalue weighted by Crippen LogP contribution is 2.07. The van der Waals surface area contributed by atoms with E-state index in [1.165, 1.54) is 6.20 Å². The van der Waals surface area contributed by atoms with Crippen LogP contribution in [0, 0.1) is 11.3 Å². The molecule has 2 N–H and O–H groups in total. The van der Waals surface area contributed by atoms with Crippen molar-refractivity contribution in [1.29, 1.82) is 5.26 Å². The van der Waals surface area contributed by atoms with Gasteiger partial charge >= 0.3 is 0 Å². The van der Waals surface area contributed by atoms with Gasteiger partial charge < -0.3 is 15.4 Å². The summed E-state index contributed by atoms with van der Waals surface area (Å²) in [5, 5.41) is 14.3. The second-order valence-electron chi connectivity index (χ2n) is 3.69. The first-order valence-electron chi connectivity index (χ1n) is 5.56. The zero-order valence-corrected chi connectivity index (χ0v) is 10.4. The lowest BCUT2D eigenvalue weighted by Gasteiger charge is -2.14. The van der Waals surface area contributed by atoms with Crippen molar-refractivity contribution in [3.8, 4) is 6.07 Å². The first-order valence-corrected chi connectivity index (χ1v) is 5.56. The zero-order valence-electron chi connectivity index (χ0n) is 10.4. The van der Waals surface area contributed by atoms with Crippen molar-refractivity contribution in [3.63, 3.8) is 0 Å². The molecule has 1 heterocycles. The van der Waals surface area contributed by atoms with Gasteiger partial charge in [0.15, 0.2) is 0 Å². The molecule has 6 nitrogen and oxygen atoms in total. The number of nitrogens with one attached hydrogen (secondary N) is 2. The summed E-state index contributed by atoms with van der Waals surface area (Å²) in [7, 11) is 1.58. The van der Waals surface area contributed by atoms with Crippen molar-refractivity contribution in [3.05, 3.63) is 24.0 Å². The van der Waals surface area contributed by atoms with Crippen LogP contribution >= 0.6 is 0 Å². The number of aromatic nitrogens is 1. The van der Waals surface area contributed by atoms with E-state index in [0.717, 1.165) is 0 Å². The van der Waals surface area contributed by atoms with E-state index in [9.17, 15) is 4.79 Å². The Balaban J connectivity index is 2.45. The Morgan fingerprint density at radius 2 is 2.39 bits per heavy atom. The third-order valence-corrected chi connectivity index (χ3v) is 2.26. The predicted molar refractivity (Wildman–Crippen MR) is 66.9 cm³/mol. The van der Waals surface area contributed by atoms with Gasteiger partial charge in [0, 0.05) is 13.7 Å². The molecule has 0 aliphatic carbocycles. The fourth-order valence-corrected chi connectivity index (χ4v) is 1.29. The molecule has 6 heteroatoms. The second-order valence-corrected chi connectivity index (χ2v) is 3.69. The highest BCUT2D eigenvalue weighted by molar-refractivity contribution is 5.84. The summed E-state index contributed by atoms with van der Waals surface area (Å²) in [5.41, 5.74) is 1.04. The van der Waals surface area contributed by atoms with Crippen molar-refractivity contribution in [2.75, 3.05) is 25.6 Å². The average Bonchev–Trinajstić information content (AvgIpc) is 2.39. The first-order chi connectivity index (χ1) is 8.67. The van der Waals surface area contributed by atoms with Crippen LogP contribution < -0.4 is 10.6 Å². The van der Waals surface area contributed by atoms with Gasteiger partial charge in [-0.15, -0.1) is 0 Å². The minimum atomic E-state index is -0.378. The molecular formula is C12H16N4O2. The number of amides is 1. The van der Waals surface area contributed by atoms with Gasteiger partial charge in [-0.1, -0.05) is 0 Å². The molecule has 0 aliphatic heterocycles. The lowest BCUT2D eigenvalue weighted by molar-refractivity contribution is -0.121. The SMILES string of the molecule is COCCNC(=O)C(C)Nc1ccc(C#N)nc1. The van der Waals surface area contributed by atoms with Crippen LogP contribution in [0.25, 0.3) is 0 Å². The maximum Gasteiger partial charge on any atom is 0.242 e. The van der Waals surface area contributed by atoms with E-state index < -0.39 is 0 Å². The molecule has 1 aromatic rings. The van der Waals surface area contributed by atoms with Crippen LogP contribution in [0.1, 0.15) is 12.6 Å². The van der Waals surface area contributed by atoms with Crippen LogP contribution in [0.4, 0.5) is 5.69 Å². The summed E-state index contributed by atoms with van der Waals surface area (Å²) in [6, 6.07) is 4.86. The third kappa shape index (κ3) is 4.39. The van der Waals surface area contributed by atoms with Crippen LogP contribution in [-0.4, -0.2) is 37.2 Å². The molecule has 0 bridgehead atoms. The van der Waals surface area contributed by atoms with Gasteiger partial charge in [0.25, 0.3) is 0 Å². The summed E-state index contributed by atoms with van der Waals surface area (Å²) in [6.45, 7) is 2.71. The number of nitriles is 1. The van der Waals surface area contributed by atoms with E-state index in [0.29, 0.717) is 24.5 Å². The highest BCUT2D eigenvalue weighted by Gasteiger charge is 2.11. The van der Waals surface area contributed by atoms with Crippen molar-refractivity contribution in [2.45, 2.75) is 13.0 Å². The number of pyridine rings is 1. The standard InChI is InChI=1S/C12H16N4O2/c1-9(12(17)14-5-6-18-2)16-11-4-3-10(7-13)15-8-11/h3-4,8-9,16H,5-6H2,1-2H3,(H,14,17). The number of hydrogen-bond donors (Lipinski definition) is 2. The van der Waals surface area contributed by atoms with Crippen LogP contribution in [0.15, 0.2) is 18.3 Å². The molecule has 0 saturated carbocycles. The predicted octanol–water partition coefficient (Wildman–Crippen LogP) is 0.516. The zero-order chi connectivity index (χ0) is 13.4. The van der Waals surface area contributed by atoms with Crippen molar-refractivity contribution >= 4 is 11.6 Å². The van der Waals surface area contributed by atoms with E-state index in [-0.39, 0.29) is 11.9 Å². The Bertz CT molecular complexity index is 425. The number of anilines is 1. The van der Waals surface area contributed by atoms with Gasteiger partial charge in [0.1, 0.15) is 17.8 Å². The fraction of sp³-hybridized carbons (Fsp3) is 0.417. The minimum Gasteiger partial charge on any atom is -0.383 e. The van der Waals surface area contributed by atoms with Gasteiger partial charge in [0.05, 0.1) is 18.5 Å². The molecule has 0 fully saturated rings. The summed E-state index contributed by atoms with van der Waals surface area (Å²) in [6.07, 6.45) is 1.53. The third-order valence-electron chi connectivity index (χ3n) is 2.26. The molecule has 0 spiro atoms. The quantitative estimate of drug-likeness (QED) is 0.716. The number of ether oxygens (including phenoxy) is 1. The van der Waals surface area contributed by atoms with Crippen molar-refractivity contribution in [2.24, 2.45) is 0 Å². The molecule has 1 atom stereocenters.